The van der Waals surface area contributed by atoms with Crippen molar-refractivity contribution in [2.45, 2.75) is 13.3 Å². The minimum Gasteiger partial charge on any atom is -0.496 e. The molecule has 0 N–H and O–H groups in total. The van der Waals surface area contributed by atoms with Crippen LogP contribution >= 0.6 is 0 Å². The summed E-state index contributed by atoms with van der Waals surface area (Å²) >= 11 is 0. The van der Waals surface area contributed by atoms with Gasteiger partial charge in [0.25, 0.3) is 0 Å². The smallest absolute Gasteiger partial charge is 0.126 e. The molecule has 1 aromatic rings. The molecular weight excluding hydrogens is 148 g/mol. The highest BCUT2D eigenvalue weighted by molar-refractivity contribution is 5.37. The van der Waals surface area contributed by atoms with Gasteiger partial charge in [0.05, 0.1) is 7.11 Å². The largest absolute Gasteiger partial charge is 0.496 e. The number of rotatable bonds is 3. The second kappa shape index (κ2) is 4.60. The van der Waals surface area contributed by atoms with Crippen LogP contribution in [0.25, 0.3) is 0 Å². The van der Waals surface area contributed by atoms with E-state index in [9.17, 15) is 0 Å². The molecule has 0 bridgehead atoms. The molecule has 0 spiro atoms. The third-order valence-electron chi connectivity index (χ3n) is 1.57. The van der Waals surface area contributed by atoms with Gasteiger partial charge in [0.15, 0.2) is 0 Å². The molecule has 0 atom stereocenters. The SMILES string of the molecule is CC/C=[C]\c1ccccc1OC. The third-order valence-corrected chi connectivity index (χ3v) is 1.57. The van der Waals surface area contributed by atoms with E-state index in [1.54, 1.807) is 7.11 Å². The first kappa shape index (κ1) is 8.85. The topological polar surface area (TPSA) is 9.23 Å². The van der Waals surface area contributed by atoms with E-state index in [0.29, 0.717) is 0 Å². The highest BCUT2D eigenvalue weighted by atomic mass is 16.5. The van der Waals surface area contributed by atoms with Gasteiger partial charge in [0.2, 0.25) is 0 Å². The fourth-order valence-corrected chi connectivity index (χ4v) is 0.976. The molecule has 0 saturated heterocycles. The molecule has 12 heavy (non-hydrogen) atoms. The Morgan fingerprint density at radius 3 is 2.83 bits per heavy atom. The molecule has 0 aliphatic carbocycles. The first-order valence-corrected chi connectivity index (χ1v) is 4.09. The van der Waals surface area contributed by atoms with Gasteiger partial charge in [-0.3, -0.25) is 0 Å². The van der Waals surface area contributed by atoms with Crippen molar-refractivity contribution in [2.24, 2.45) is 0 Å². The summed E-state index contributed by atoms with van der Waals surface area (Å²) in [6.07, 6.45) is 6.16. The lowest BCUT2D eigenvalue weighted by molar-refractivity contribution is 0.413. The molecular formula is C11H13O. The summed E-state index contributed by atoms with van der Waals surface area (Å²) in [5.74, 6) is 0.877. The van der Waals surface area contributed by atoms with Crippen LogP contribution in [-0.2, 0) is 0 Å². The molecule has 0 heterocycles. The average molecular weight is 161 g/mol. The van der Waals surface area contributed by atoms with E-state index in [1.165, 1.54) is 0 Å². The zero-order valence-electron chi connectivity index (χ0n) is 7.50. The second-order valence-electron chi connectivity index (χ2n) is 2.46. The first-order valence-electron chi connectivity index (χ1n) is 4.09. The molecule has 0 saturated carbocycles. The van der Waals surface area contributed by atoms with Crippen LogP contribution in [0.4, 0.5) is 0 Å². The van der Waals surface area contributed by atoms with Gasteiger partial charge in [-0.1, -0.05) is 31.2 Å². The normalized spacial score (nSPS) is 10.5. The van der Waals surface area contributed by atoms with E-state index < -0.39 is 0 Å². The fraction of sp³-hybridized carbons (Fsp3) is 0.273. The van der Waals surface area contributed by atoms with E-state index >= 15 is 0 Å². The number of hydrogen-bond donors (Lipinski definition) is 0. The van der Waals surface area contributed by atoms with Crippen molar-refractivity contribution >= 4 is 0 Å². The van der Waals surface area contributed by atoms with Gasteiger partial charge in [-0.2, -0.15) is 0 Å². The van der Waals surface area contributed by atoms with Gasteiger partial charge < -0.3 is 4.74 Å². The number of methoxy groups -OCH3 is 1. The molecule has 63 valence electrons. The Morgan fingerprint density at radius 2 is 2.17 bits per heavy atom. The van der Waals surface area contributed by atoms with Crippen molar-refractivity contribution in [3.05, 3.63) is 42.0 Å². The lowest BCUT2D eigenvalue weighted by Gasteiger charge is -2.02. The highest BCUT2D eigenvalue weighted by Gasteiger charge is 1.95. The van der Waals surface area contributed by atoms with Crippen LogP contribution in [0, 0.1) is 6.08 Å². The quantitative estimate of drug-likeness (QED) is 0.662. The average Bonchev–Trinajstić information content (AvgIpc) is 2.15. The number of benzene rings is 1. The molecule has 1 heteroatoms. The first-order chi connectivity index (χ1) is 5.88. The van der Waals surface area contributed by atoms with Crippen LogP contribution < -0.4 is 4.74 Å². The van der Waals surface area contributed by atoms with Gasteiger partial charge in [-0.05, 0) is 18.6 Å². The Labute approximate surface area is 73.7 Å². The van der Waals surface area contributed by atoms with Crippen molar-refractivity contribution in [3.63, 3.8) is 0 Å². The van der Waals surface area contributed by atoms with Crippen molar-refractivity contribution in [3.8, 4) is 5.75 Å². The highest BCUT2D eigenvalue weighted by Crippen LogP contribution is 2.16. The zero-order chi connectivity index (χ0) is 8.81. The maximum Gasteiger partial charge on any atom is 0.126 e. The predicted molar refractivity (Wildman–Crippen MR) is 50.2 cm³/mol. The molecule has 0 aromatic heterocycles. The van der Waals surface area contributed by atoms with E-state index in [0.717, 1.165) is 17.7 Å². The summed E-state index contributed by atoms with van der Waals surface area (Å²) in [6.45, 7) is 2.09. The van der Waals surface area contributed by atoms with E-state index in [-0.39, 0.29) is 0 Å². The third kappa shape index (κ3) is 2.12. The van der Waals surface area contributed by atoms with Crippen LogP contribution in [0.2, 0.25) is 0 Å². The van der Waals surface area contributed by atoms with Crippen molar-refractivity contribution in [1.82, 2.24) is 0 Å². The van der Waals surface area contributed by atoms with E-state index in [4.69, 9.17) is 4.74 Å². The molecule has 1 nitrogen and oxygen atoms in total. The Morgan fingerprint density at radius 1 is 1.42 bits per heavy atom. The van der Waals surface area contributed by atoms with Crippen LogP contribution in [0.1, 0.15) is 18.9 Å². The Hall–Kier alpha value is -1.24. The minimum atomic E-state index is 0.877. The van der Waals surface area contributed by atoms with Crippen molar-refractivity contribution in [2.75, 3.05) is 7.11 Å². The number of allylic oxidation sites excluding steroid dienone is 1. The van der Waals surface area contributed by atoms with Crippen LogP contribution in [0.15, 0.2) is 30.3 Å². The molecule has 0 amide bonds. The summed E-state index contributed by atoms with van der Waals surface area (Å²) in [7, 11) is 1.67. The maximum atomic E-state index is 5.16. The van der Waals surface area contributed by atoms with Crippen LogP contribution in [-0.4, -0.2) is 7.11 Å². The van der Waals surface area contributed by atoms with Crippen molar-refractivity contribution in [1.29, 1.82) is 0 Å². The molecule has 1 aromatic carbocycles. The molecule has 0 unspecified atom stereocenters. The summed E-state index contributed by atoms with van der Waals surface area (Å²) < 4.78 is 5.16. The maximum absolute atomic E-state index is 5.16. The molecule has 1 radical (unpaired) electrons. The van der Waals surface area contributed by atoms with Crippen molar-refractivity contribution < 1.29 is 4.74 Å². The zero-order valence-corrected chi connectivity index (χ0v) is 7.50. The second-order valence-corrected chi connectivity index (χ2v) is 2.46. The predicted octanol–water partition coefficient (Wildman–Crippen LogP) is 2.81. The Kier molecular flexibility index (Phi) is 3.39. The summed E-state index contributed by atoms with van der Waals surface area (Å²) in [4.78, 5) is 0. The van der Waals surface area contributed by atoms with Gasteiger partial charge in [0, 0.05) is 5.56 Å². The standard InChI is InChI=1S/C11H13O/c1-3-4-7-10-8-5-6-9-11(10)12-2/h4-6,8-9H,3H2,1-2H3. The minimum absolute atomic E-state index is 0.877. The lowest BCUT2D eigenvalue weighted by atomic mass is 10.2. The summed E-state index contributed by atoms with van der Waals surface area (Å²) in [5, 5.41) is 0. The van der Waals surface area contributed by atoms with E-state index in [2.05, 4.69) is 13.0 Å². The van der Waals surface area contributed by atoms with Gasteiger partial charge in [-0.25, -0.2) is 0 Å². The van der Waals surface area contributed by atoms with Crippen LogP contribution in [0.3, 0.4) is 0 Å². The van der Waals surface area contributed by atoms with E-state index in [1.807, 2.05) is 30.3 Å². The summed E-state index contributed by atoms with van der Waals surface area (Å²) in [5.41, 5.74) is 1.02. The Balaban J connectivity index is 2.89. The number of para-hydroxylation sites is 1. The lowest BCUT2D eigenvalue weighted by Crippen LogP contribution is -1.86. The number of ether oxygens (including phenoxy) is 1. The van der Waals surface area contributed by atoms with Gasteiger partial charge >= 0.3 is 0 Å². The fourth-order valence-electron chi connectivity index (χ4n) is 0.976. The Bertz CT molecular complexity index is 263. The molecule has 0 aliphatic heterocycles. The molecule has 0 fully saturated rings. The molecule has 1 rings (SSSR count). The van der Waals surface area contributed by atoms with Gasteiger partial charge in [-0.15, -0.1) is 0 Å². The summed E-state index contributed by atoms with van der Waals surface area (Å²) in [6, 6.07) is 7.86. The van der Waals surface area contributed by atoms with Crippen LogP contribution in [0.5, 0.6) is 5.75 Å². The monoisotopic (exact) mass is 161 g/mol. The van der Waals surface area contributed by atoms with Gasteiger partial charge in [0.1, 0.15) is 5.75 Å². The molecule has 0 aliphatic rings. The number of hydrogen-bond acceptors (Lipinski definition) is 1.